The fourth-order valence-corrected chi connectivity index (χ4v) is 1.94. The van der Waals surface area contributed by atoms with Crippen molar-refractivity contribution in [3.63, 3.8) is 0 Å². The van der Waals surface area contributed by atoms with Crippen LogP contribution in [0, 0.1) is 0 Å². The summed E-state index contributed by atoms with van der Waals surface area (Å²) in [6.45, 7) is 0.615. The fraction of sp³-hybridized carbons (Fsp3) is 0.385. The van der Waals surface area contributed by atoms with Gasteiger partial charge in [0, 0.05) is 0 Å². The third kappa shape index (κ3) is 2.98. The van der Waals surface area contributed by atoms with Crippen LogP contribution in [-0.4, -0.2) is 39.9 Å². The number of hydrogen-bond acceptors (Lipinski definition) is 5. The molecule has 1 aromatic carbocycles. The second-order valence-electron chi connectivity index (χ2n) is 4.41. The molecule has 0 aliphatic heterocycles. The van der Waals surface area contributed by atoms with Crippen molar-refractivity contribution in [1.29, 1.82) is 0 Å². The zero-order valence-corrected chi connectivity index (χ0v) is 10.6. The second-order valence-corrected chi connectivity index (χ2v) is 4.41. The molecule has 0 aliphatic carbocycles. The minimum atomic E-state index is -0.987. The molecule has 0 fully saturated rings. The Morgan fingerprint density at radius 1 is 1.42 bits per heavy atom. The third-order valence-electron chi connectivity index (χ3n) is 3.06. The Bertz CT molecular complexity index is 611. The van der Waals surface area contributed by atoms with E-state index in [1.165, 1.54) is 6.33 Å². The van der Waals surface area contributed by atoms with Gasteiger partial charge in [0.1, 0.15) is 6.10 Å². The molecular formula is C13H17N3O3. The Morgan fingerprint density at radius 3 is 2.95 bits per heavy atom. The van der Waals surface area contributed by atoms with Crippen LogP contribution in [0.5, 0.6) is 0 Å². The van der Waals surface area contributed by atoms with E-state index < -0.39 is 12.2 Å². The molecule has 2 rings (SSSR count). The van der Waals surface area contributed by atoms with E-state index in [0.717, 1.165) is 0 Å². The number of nitrogens with zero attached hydrogens (tertiary/aromatic N) is 1. The van der Waals surface area contributed by atoms with Gasteiger partial charge in [-0.05, 0) is 37.7 Å². The van der Waals surface area contributed by atoms with Gasteiger partial charge in [-0.3, -0.25) is 4.79 Å². The van der Waals surface area contributed by atoms with Crippen molar-refractivity contribution in [1.82, 2.24) is 15.3 Å². The average molecular weight is 263 g/mol. The summed E-state index contributed by atoms with van der Waals surface area (Å²) in [5, 5.41) is 23.3. The lowest BCUT2D eigenvalue weighted by atomic mass is 10.0. The predicted molar refractivity (Wildman–Crippen MR) is 71.9 cm³/mol. The number of aliphatic hydroxyl groups is 2. The molecule has 2 unspecified atom stereocenters. The topological polar surface area (TPSA) is 98.2 Å². The molecule has 0 amide bonds. The molecule has 6 nitrogen and oxygen atoms in total. The number of rotatable bonds is 5. The number of aliphatic hydroxyl groups excluding tert-OH is 2. The summed E-state index contributed by atoms with van der Waals surface area (Å²) in [5.41, 5.74) is 0.831. The Labute approximate surface area is 110 Å². The molecule has 1 heterocycles. The third-order valence-corrected chi connectivity index (χ3v) is 3.06. The van der Waals surface area contributed by atoms with Gasteiger partial charge in [-0.15, -0.1) is 0 Å². The minimum Gasteiger partial charge on any atom is -0.390 e. The number of fused-ring (bicyclic) bond motifs is 1. The van der Waals surface area contributed by atoms with Crippen molar-refractivity contribution in [3.05, 3.63) is 40.4 Å². The highest BCUT2D eigenvalue weighted by Crippen LogP contribution is 2.21. The van der Waals surface area contributed by atoms with Crippen molar-refractivity contribution in [2.24, 2.45) is 0 Å². The van der Waals surface area contributed by atoms with Gasteiger partial charge in [0.05, 0.1) is 23.3 Å². The molecule has 1 aromatic heterocycles. The van der Waals surface area contributed by atoms with Gasteiger partial charge < -0.3 is 20.5 Å². The van der Waals surface area contributed by atoms with Gasteiger partial charge in [0.15, 0.2) is 0 Å². The minimum absolute atomic E-state index is 0.221. The largest absolute Gasteiger partial charge is 0.390 e. The van der Waals surface area contributed by atoms with Crippen LogP contribution in [0.4, 0.5) is 0 Å². The molecule has 4 N–H and O–H groups in total. The lowest BCUT2D eigenvalue weighted by molar-refractivity contribution is 0.0141. The maximum Gasteiger partial charge on any atom is 0.258 e. The molecule has 19 heavy (non-hydrogen) atoms. The van der Waals surface area contributed by atoms with Crippen LogP contribution in [0.2, 0.25) is 0 Å². The zero-order chi connectivity index (χ0) is 13.8. The summed E-state index contributed by atoms with van der Waals surface area (Å²) in [4.78, 5) is 18.1. The highest BCUT2D eigenvalue weighted by molar-refractivity contribution is 5.77. The zero-order valence-electron chi connectivity index (χ0n) is 10.6. The first-order valence-corrected chi connectivity index (χ1v) is 6.11. The van der Waals surface area contributed by atoms with Crippen LogP contribution in [0.15, 0.2) is 29.3 Å². The number of hydrogen-bond donors (Lipinski definition) is 4. The van der Waals surface area contributed by atoms with Crippen LogP contribution in [0.25, 0.3) is 10.9 Å². The molecule has 102 valence electrons. The number of benzene rings is 1. The maximum atomic E-state index is 11.5. The molecule has 0 bridgehead atoms. The van der Waals surface area contributed by atoms with Crippen molar-refractivity contribution in [2.75, 3.05) is 13.6 Å². The van der Waals surface area contributed by atoms with Crippen LogP contribution in [0.1, 0.15) is 18.1 Å². The SMILES string of the molecule is CNCCC(O)C(O)c1ccc2c(=O)[nH]cnc2c1. The predicted octanol–water partition coefficient (Wildman–Crippen LogP) is -0.0731. The van der Waals surface area contributed by atoms with Crippen LogP contribution < -0.4 is 10.9 Å². The van der Waals surface area contributed by atoms with Gasteiger partial charge in [0.25, 0.3) is 5.56 Å². The first kappa shape index (κ1) is 13.7. The molecule has 2 aromatic rings. The van der Waals surface area contributed by atoms with Crippen molar-refractivity contribution in [3.8, 4) is 0 Å². The van der Waals surface area contributed by atoms with E-state index in [-0.39, 0.29) is 5.56 Å². The number of nitrogens with one attached hydrogen (secondary N) is 2. The summed E-state index contributed by atoms with van der Waals surface area (Å²) in [6, 6.07) is 4.86. The summed E-state index contributed by atoms with van der Waals surface area (Å²) < 4.78 is 0. The van der Waals surface area contributed by atoms with Gasteiger partial charge in [-0.2, -0.15) is 0 Å². The van der Waals surface area contributed by atoms with E-state index in [0.29, 0.717) is 29.4 Å². The molecule has 0 spiro atoms. The van der Waals surface area contributed by atoms with Crippen molar-refractivity contribution in [2.45, 2.75) is 18.6 Å². The number of aromatic nitrogens is 2. The molecule has 6 heteroatoms. The lowest BCUT2D eigenvalue weighted by Crippen LogP contribution is -2.23. The second kappa shape index (κ2) is 5.92. The first-order valence-electron chi connectivity index (χ1n) is 6.11. The standard InChI is InChI=1S/C13H17N3O3/c1-14-5-4-11(17)12(18)8-2-3-9-10(6-8)15-7-16-13(9)19/h2-3,6-7,11-12,14,17-18H,4-5H2,1H3,(H,15,16,19). The highest BCUT2D eigenvalue weighted by Gasteiger charge is 2.18. The van der Waals surface area contributed by atoms with E-state index >= 15 is 0 Å². The first-order chi connectivity index (χ1) is 9.13. The lowest BCUT2D eigenvalue weighted by Gasteiger charge is -2.18. The Balaban J connectivity index is 2.28. The Morgan fingerprint density at radius 2 is 2.21 bits per heavy atom. The molecule has 0 saturated carbocycles. The molecule has 0 aliphatic rings. The number of aromatic amines is 1. The van der Waals surface area contributed by atoms with Crippen LogP contribution in [-0.2, 0) is 0 Å². The quantitative estimate of drug-likeness (QED) is 0.605. The smallest absolute Gasteiger partial charge is 0.258 e. The molecule has 0 radical (unpaired) electrons. The van der Waals surface area contributed by atoms with Gasteiger partial charge in [0.2, 0.25) is 0 Å². The Kier molecular flexibility index (Phi) is 4.26. The van der Waals surface area contributed by atoms with Crippen molar-refractivity contribution < 1.29 is 10.2 Å². The van der Waals surface area contributed by atoms with E-state index in [1.807, 2.05) is 0 Å². The van der Waals surface area contributed by atoms with E-state index in [4.69, 9.17) is 0 Å². The molecular weight excluding hydrogens is 246 g/mol. The van der Waals surface area contributed by atoms with Crippen molar-refractivity contribution >= 4 is 10.9 Å². The van der Waals surface area contributed by atoms with Gasteiger partial charge >= 0.3 is 0 Å². The van der Waals surface area contributed by atoms with E-state index in [9.17, 15) is 15.0 Å². The van der Waals surface area contributed by atoms with E-state index in [2.05, 4.69) is 15.3 Å². The fourth-order valence-electron chi connectivity index (χ4n) is 1.94. The molecule has 0 saturated heterocycles. The molecule has 2 atom stereocenters. The van der Waals surface area contributed by atoms with Crippen LogP contribution >= 0.6 is 0 Å². The summed E-state index contributed by atoms with van der Waals surface area (Å²) in [5.74, 6) is 0. The van der Waals surface area contributed by atoms with Gasteiger partial charge in [-0.1, -0.05) is 6.07 Å². The summed E-state index contributed by atoms with van der Waals surface area (Å²) in [7, 11) is 1.78. The summed E-state index contributed by atoms with van der Waals surface area (Å²) in [6.07, 6.45) is -0.0812. The van der Waals surface area contributed by atoms with Gasteiger partial charge in [-0.25, -0.2) is 4.98 Å². The summed E-state index contributed by atoms with van der Waals surface area (Å²) >= 11 is 0. The number of H-pyrrole nitrogens is 1. The maximum absolute atomic E-state index is 11.5. The Hall–Kier alpha value is -1.76. The average Bonchev–Trinajstić information content (AvgIpc) is 2.43. The van der Waals surface area contributed by atoms with E-state index in [1.54, 1.807) is 25.2 Å². The monoisotopic (exact) mass is 263 g/mol. The highest BCUT2D eigenvalue weighted by atomic mass is 16.3. The normalized spacial score (nSPS) is 14.5. The van der Waals surface area contributed by atoms with Crippen LogP contribution in [0.3, 0.4) is 0 Å².